The van der Waals surface area contributed by atoms with Gasteiger partial charge in [0.25, 0.3) is 0 Å². The Labute approximate surface area is 105 Å². The molecule has 1 aliphatic carbocycles. The molecule has 0 saturated heterocycles. The molecule has 0 aliphatic heterocycles. The topological polar surface area (TPSA) is 77.5 Å². The molecule has 6 nitrogen and oxygen atoms in total. The Morgan fingerprint density at radius 1 is 1.56 bits per heavy atom. The van der Waals surface area contributed by atoms with Gasteiger partial charge in [0.1, 0.15) is 5.82 Å². The van der Waals surface area contributed by atoms with Gasteiger partial charge in [-0.3, -0.25) is 0 Å². The first kappa shape index (κ1) is 11.4. The van der Waals surface area contributed by atoms with E-state index in [1.807, 2.05) is 25.3 Å². The van der Waals surface area contributed by atoms with Gasteiger partial charge in [0.15, 0.2) is 5.65 Å². The second-order valence-corrected chi connectivity index (χ2v) is 4.51. The molecule has 3 rings (SSSR count). The fourth-order valence-electron chi connectivity index (χ4n) is 2.29. The Morgan fingerprint density at radius 3 is 3.22 bits per heavy atom. The number of aromatic nitrogens is 3. The average molecular weight is 247 g/mol. The minimum absolute atomic E-state index is 0.129. The summed E-state index contributed by atoms with van der Waals surface area (Å²) in [5, 5.41) is 7.45. The maximum atomic E-state index is 6.00. The zero-order valence-electron chi connectivity index (χ0n) is 10.3. The van der Waals surface area contributed by atoms with Crippen molar-refractivity contribution < 1.29 is 4.74 Å². The number of nitrogens with one attached hydrogen (secondary N) is 1. The van der Waals surface area contributed by atoms with E-state index in [1.165, 1.54) is 0 Å². The fourth-order valence-corrected chi connectivity index (χ4v) is 2.29. The van der Waals surface area contributed by atoms with Gasteiger partial charge in [0.2, 0.25) is 0 Å². The van der Waals surface area contributed by atoms with Crippen LogP contribution in [0.3, 0.4) is 0 Å². The van der Waals surface area contributed by atoms with E-state index in [9.17, 15) is 0 Å². The van der Waals surface area contributed by atoms with Crippen molar-refractivity contribution in [2.24, 2.45) is 5.73 Å². The minimum Gasteiger partial charge on any atom is -0.376 e. The number of anilines is 1. The van der Waals surface area contributed by atoms with Crippen LogP contribution in [0, 0.1) is 0 Å². The summed E-state index contributed by atoms with van der Waals surface area (Å²) in [6, 6.07) is 4.03. The summed E-state index contributed by atoms with van der Waals surface area (Å²) in [5.41, 5.74) is 6.82. The van der Waals surface area contributed by atoms with E-state index in [-0.39, 0.29) is 18.2 Å². The first-order chi connectivity index (χ1) is 8.78. The lowest BCUT2D eigenvalue weighted by molar-refractivity contribution is -0.0127. The van der Waals surface area contributed by atoms with Gasteiger partial charge < -0.3 is 15.8 Å². The molecule has 6 heteroatoms. The molecule has 1 aliphatic rings. The molecule has 3 atom stereocenters. The molecule has 1 saturated carbocycles. The van der Waals surface area contributed by atoms with Crippen molar-refractivity contribution in [1.82, 2.24) is 14.6 Å². The highest BCUT2D eigenvalue weighted by Crippen LogP contribution is 2.25. The van der Waals surface area contributed by atoms with Gasteiger partial charge in [-0.2, -0.15) is 5.10 Å². The Kier molecular flexibility index (Phi) is 2.89. The van der Waals surface area contributed by atoms with Gasteiger partial charge >= 0.3 is 0 Å². The summed E-state index contributed by atoms with van der Waals surface area (Å²) in [7, 11) is 0. The van der Waals surface area contributed by atoms with Crippen LogP contribution in [0.1, 0.15) is 13.3 Å². The molecular weight excluding hydrogens is 230 g/mol. The number of fused-ring (bicyclic) bond motifs is 1. The number of nitrogens with zero attached hydrogens (tertiary/aromatic N) is 3. The van der Waals surface area contributed by atoms with Crippen LogP contribution in [0.4, 0.5) is 5.82 Å². The molecule has 0 amide bonds. The third-order valence-electron chi connectivity index (χ3n) is 3.32. The van der Waals surface area contributed by atoms with E-state index in [0.717, 1.165) is 17.9 Å². The number of hydrogen-bond donors (Lipinski definition) is 2. The zero-order valence-corrected chi connectivity index (χ0v) is 10.3. The normalized spacial score (nSPS) is 27.1. The molecule has 0 radical (unpaired) electrons. The van der Waals surface area contributed by atoms with Gasteiger partial charge in [0.05, 0.1) is 18.3 Å². The maximum Gasteiger partial charge on any atom is 0.157 e. The van der Waals surface area contributed by atoms with Gasteiger partial charge in [-0.25, -0.2) is 9.50 Å². The van der Waals surface area contributed by atoms with Crippen molar-refractivity contribution >= 4 is 11.5 Å². The Hall–Kier alpha value is -1.66. The van der Waals surface area contributed by atoms with Crippen LogP contribution in [0.2, 0.25) is 0 Å². The summed E-state index contributed by atoms with van der Waals surface area (Å²) in [4.78, 5) is 4.46. The van der Waals surface area contributed by atoms with E-state index < -0.39 is 0 Å². The van der Waals surface area contributed by atoms with Crippen LogP contribution in [-0.4, -0.2) is 39.4 Å². The molecular formula is C12H17N5O. The van der Waals surface area contributed by atoms with E-state index >= 15 is 0 Å². The summed E-state index contributed by atoms with van der Waals surface area (Å²) < 4.78 is 7.35. The highest BCUT2D eigenvalue weighted by Gasteiger charge is 2.39. The number of nitrogens with two attached hydrogens (primary N) is 1. The molecule has 0 spiro atoms. The monoisotopic (exact) mass is 247 g/mol. The van der Waals surface area contributed by atoms with E-state index in [0.29, 0.717) is 6.61 Å². The highest BCUT2D eigenvalue weighted by atomic mass is 16.5. The molecule has 1 fully saturated rings. The fraction of sp³-hybridized carbons (Fsp3) is 0.500. The minimum atomic E-state index is 0.129. The SMILES string of the molecule is CCOC1CC(N)C1Nc1ccn2nccc2n1. The number of rotatable bonds is 4. The smallest absolute Gasteiger partial charge is 0.157 e. The first-order valence-corrected chi connectivity index (χ1v) is 6.22. The van der Waals surface area contributed by atoms with Crippen LogP contribution in [0.15, 0.2) is 24.5 Å². The quantitative estimate of drug-likeness (QED) is 0.829. The molecule has 18 heavy (non-hydrogen) atoms. The van der Waals surface area contributed by atoms with Crippen molar-refractivity contribution in [3.05, 3.63) is 24.5 Å². The number of hydrogen-bond acceptors (Lipinski definition) is 5. The van der Waals surface area contributed by atoms with Crippen molar-refractivity contribution in [2.45, 2.75) is 31.5 Å². The summed E-state index contributed by atoms with van der Waals surface area (Å²) in [6.07, 6.45) is 4.70. The standard InChI is InChI=1S/C12H17N5O/c1-2-18-9-7-8(13)12(9)16-10-4-6-17-11(15-10)3-5-14-17/h3-6,8-9,12H,2,7,13H2,1H3,(H,15,16). The Balaban J connectivity index is 1.74. The van der Waals surface area contributed by atoms with Crippen LogP contribution >= 0.6 is 0 Å². The Morgan fingerprint density at radius 2 is 2.44 bits per heavy atom. The predicted octanol–water partition coefficient (Wildman–Crippen LogP) is 0.646. The lowest BCUT2D eigenvalue weighted by Crippen LogP contribution is -2.60. The van der Waals surface area contributed by atoms with Crippen LogP contribution in [0.25, 0.3) is 5.65 Å². The molecule has 2 heterocycles. The zero-order chi connectivity index (χ0) is 12.5. The molecule has 2 aromatic rings. The predicted molar refractivity (Wildman–Crippen MR) is 68.4 cm³/mol. The van der Waals surface area contributed by atoms with Gasteiger partial charge in [-0.15, -0.1) is 0 Å². The van der Waals surface area contributed by atoms with Crippen LogP contribution in [0.5, 0.6) is 0 Å². The lowest BCUT2D eigenvalue weighted by atomic mass is 9.83. The van der Waals surface area contributed by atoms with Crippen molar-refractivity contribution in [1.29, 1.82) is 0 Å². The second kappa shape index (κ2) is 4.55. The first-order valence-electron chi connectivity index (χ1n) is 6.22. The average Bonchev–Trinajstić information content (AvgIpc) is 2.83. The molecule has 3 unspecified atom stereocenters. The van der Waals surface area contributed by atoms with Gasteiger partial charge in [0, 0.05) is 24.9 Å². The summed E-state index contributed by atoms with van der Waals surface area (Å²) >= 11 is 0. The highest BCUT2D eigenvalue weighted by molar-refractivity contribution is 5.46. The van der Waals surface area contributed by atoms with E-state index in [1.54, 1.807) is 10.7 Å². The maximum absolute atomic E-state index is 6.00. The van der Waals surface area contributed by atoms with Crippen molar-refractivity contribution in [2.75, 3.05) is 11.9 Å². The summed E-state index contributed by atoms with van der Waals surface area (Å²) in [5.74, 6) is 0.813. The lowest BCUT2D eigenvalue weighted by Gasteiger charge is -2.42. The molecule has 96 valence electrons. The van der Waals surface area contributed by atoms with Crippen molar-refractivity contribution in [3.8, 4) is 0 Å². The van der Waals surface area contributed by atoms with E-state index in [4.69, 9.17) is 10.5 Å². The molecule has 2 aromatic heterocycles. The molecule has 0 bridgehead atoms. The van der Waals surface area contributed by atoms with Crippen LogP contribution in [-0.2, 0) is 4.74 Å². The largest absolute Gasteiger partial charge is 0.376 e. The van der Waals surface area contributed by atoms with Crippen LogP contribution < -0.4 is 11.1 Å². The number of ether oxygens (including phenoxy) is 1. The van der Waals surface area contributed by atoms with Gasteiger partial charge in [-0.05, 0) is 19.4 Å². The summed E-state index contributed by atoms with van der Waals surface area (Å²) in [6.45, 7) is 2.71. The molecule has 3 N–H and O–H groups in total. The third kappa shape index (κ3) is 1.93. The van der Waals surface area contributed by atoms with E-state index in [2.05, 4.69) is 15.4 Å². The van der Waals surface area contributed by atoms with Gasteiger partial charge in [-0.1, -0.05) is 0 Å². The van der Waals surface area contributed by atoms with Crippen molar-refractivity contribution in [3.63, 3.8) is 0 Å². The second-order valence-electron chi connectivity index (χ2n) is 4.51. The molecule has 0 aromatic carbocycles. The Bertz CT molecular complexity index is 538. The third-order valence-corrected chi connectivity index (χ3v) is 3.32.